The number of hydrogen-bond acceptors (Lipinski definition) is 5. The predicted octanol–water partition coefficient (Wildman–Crippen LogP) is 1.44. The molecule has 1 aliphatic carbocycles. The highest BCUT2D eigenvalue weighted by Gasteiger charge is 2.37. The lowest BCUT2D eigenvalue weighted by Crippen LogP contribution is -2.48. The topological polar surface area (TPSA) is 82.2 Å². The molecule has 2 fully saturated rings. The minimum Gasteiger partial charge on any atom is -0.350 e. The van der Waals surface area contributed by atoms with Crippen molar-refractivity contribution in [2.45, 2.75) is 37.8 Å². The van der Waals surface area contributed by atoms with E-state index in [1.165, 1.54) is 25.1 Å². The minimum absolute atomic E-state index is 0.0188. The summed E-state index contributed by atoms with van der Waals surface area (Å²) < 4.78 is 0. The van der Waals surface area contributed by atoms with E-state index in [1.807, 2.05) is 11.0 Å². The van der Waals surface area contributed by atoms with Crippen LogP contribution >= 0.6 is 0 Å². The van der Waals surface area contributed by atoms with Crippen LogP contribution in [0.4, 0.5) is 5.82 Å². The summed E-state index contributed by atoms with van der Waals surface area (Å²) in [4.78, 5) is 39.0. The molecule has 2 aliphatic rings. The molecule has 3 heterocycles. The number of nitrogens with zero attached hydrogens (tertiary/aromatic N) is 4. The number of rotatable bonds is 4. The van der Waals surface area contributed by atoms with Gasteiger partial charge in [-0.3, -0.25) is 9.59 Å². The molecule has 130 valence electrons. The Morgan fingerprint density at radius 1 is 1.12 bits per heavy atom. The third-order valence-corrected chi connectivity index (χ3v) is 4.95. The Hall–Kier alpha value is -2.70. The molecule has 0 atom stereocenters. The number of H-pyrrole nitrogens is 1. The maximum atomic E-state index is 12.6. The van der Waals surface area contributed by atoms with Crippen LogP contribution in [0.15, 0.2) is 41.7 Å². The van der Waals surface area contributed by atoms with Crippen LogP contribution in [0.2, 0.25) is 0 Å². The number of hydrogen-bond donors (Lipinski definition) is 1. The number of carbonyl (C=O) groups is 1. The van der Waals surface area contributed by atoms with Crippen LogP contribution in [0.3, 0.4) is 0 Å². The number of likely N-dealkylation sites (tertiary alicyclic amines) is 1. The van der Waals surface area contributed by atoms with Crippen molar-refractivity contribution in [1.82, 2.24) is 19.9 Å². The van der Waals surface area contributed by atoms with E-state index in [4.69, 9.17) is 0 Å². The normalized spacial score (nSPS) is 18.2. The molecule has 7 nitrogen and oxygen atoms in total. The molecule has 1 aliphatic heterocycles. The first-order valence-corrected chi connectivity index (χ1v) is 8.75. The van der Waals surface area contributed by atoms with E-state index in [2.05, 4.69) is 19.9 Å². The Labute approximate surface area is 145 Å². The molecule has 1 N–H and O–H groups in total. The molecule has 2 aromatic heterocycles. The second-order valence-corrected chi connectivity index (χ2v) is 6.67. The molecule has 0 unspecified atom stereocenters. The first-order chi connectivity index (χ1) is 12.2. The fourth-order valence-corrected chi connectivity index (χ4v) is 3.53. The molecule has 1 amide bonds. The summed E-state index contributed by atoms with van der Waals surface area (Å²) in [6, 6.07) is 5.92. The van der Waals surface area contributed by atoms with Crippen molar-refractivity contribution in [2.75, 3.05) is 18.0 Å². The van der Waals surface area contributed by atoms with Crippen molar-refractivity contribution in [3.05, 3.63) is 52.8 Å². The standard InChI is InChI=1S/C18H21N5O2/c24-17-4-1-13(11-20-17)18(25)22-9-6-15(7-10-22)23(14-2-3-14)16-5-8-19-12-21-16/h1,4-5,8,11-12,14-15H,2-3,6-7,9-10H2,(H,20,24). The zero-order valence-electron chi connectivity index (χ0n) is 14.0. The predicted molar refractivity (Wildman–Crippen MR) is 93.5 cm³/mol. The second-order valence-electron chi connectivity index (χ2n) is 6.67. The summed E-state index contributed by atoms with van der Waals surface area (Å²) in [5.41, 5.74) is 0.341. The number of carbonyl (C=O) groups excluding carboxylic acids is 1. The quantitative estimate of drug-likeness (QED) is 0.911. The molecule has 1 saturated heterocycles. The first kappa shape index (κ1) is 15.8. The molecule has 25 heavy (non-hydrogen) atoms. The molecule has 0 aromatic carbocycles. The number of nitrogens with one attached hydrogen (secondary N) is 1. The lowest BCUT2D eigenvalue weighted by atomic mass is 10.0. The zero-order valence-corrected chi connectivity index (χ0v) is 14.0. The van der Waals surface area contributed by atoms with Crippen molar-refractivity contribution in [1.29, 1.82) is 0 Å². The molecule has 0 radical (unpaired) electrons. The average molecular weight is 339 g/mol. The Morgan fingerprint density at radius 2 is 1.88 bits per heavy atom. The van der Waals surface area contributed by atoms with E-state index < -0.39 is 0 Å². The maximum absolute atomic E-state index is 12.6. The lowest BCUT2D eigenvalue weighted by molar-refractivity contribution is 0.0711. The molecule has 1 saturated carbocycles. The molecular weight excluding hydrogens is 318 g/mol. The van der Waals surface area contributed by atoms with E-state index >= 15 is 0 Å². The Kier molecular flexibility index (Phi) is 4.21. The van der Waals surface area contributed by atoms with Gasteiger partial charge in [-0.05, 0) is 37.8 Å². The smallest absolute Gasteiger partial charge is 0.255 e. The SMILES string of the molecule is O=C(c1ccc(=O)[nH]c1)N1CCC(N(c2ccncn2)C2CC2)CC1. The highest BCUT2D eigenvalue weighted by molar-refractivity contribution is 5.93. The van der Waals surface area contributed by atoms with Crippen molar-refractivity contribution >= 4 is 11.7 Å². The van der Waals surface area contributed by atoms with Gasteiger partial charge >= 0.3 is 0 Å². The van der Waals surface area contributed by atoms with Gasteiger partial charge in [0.2, 0.25) is 5.56 Å². The number of amides is 1. The monoisotopic (exact) mass is 339 g/mol. The molecular formula is C18H21N5O2. The molecule has 7 heteroatoms. The van der Waals surface area contributed by atoms with Crippen molar-refractivity contribution < 1.29 is 4.79 Å². The van der Waals surface area contributed by atoms with Gasteiger partial charge in [0.1, 0.15) is 12.1 Å². The number of aromatic nitrogens is 3. The molecule has 0 spiro atoms. The minimum atomic E-state index is -0.194. The second kappa shape index (κ2) is 6.66. The third-order valence-electron chi connectivity index (χ3n) is 4.95. The van der Waals surface area contributed by atoms with Gasteiger partial charge in [-0.25, -0.2) is 9.97 Å². The Bertz CT molecular complexity index is 774. The molecule has 4 rings (SSSR count). The van der Waals surface area contributed by atoms with E-state index in [0.717, 1.165) is 31.7 Å². The summed E-state index contributed by atoms with van der Waals surface area (Å²) >= 11 is 0. The number of pyridine rings is 1. The van der Waals surface area contributed by atoms with Gasteiger partial charge in [-0.2, -0.15) is 0 Å². The van der Waals surface area contributed by atoms with Gasteiger partial charge in [0.25, 0.3) is 5.91 Å². The third kappa shape index (κ3) is 3.40. The van der Waals surface area contributed by atoms with Crippen molar-refractivity contribution in [3.63, 3.8) is 0 Å². The van der Waals surface area contributed by atoms with Gasteiger partial charge in [-0.15, -0.1) is 0 Å². The summed E-state index contributed by atoms with van der Waals surface area (Å²) in [6.07, 6.45) is 9.15. The van der Waals surface area contributed by atoms with Crippen LogP contribution < -0.4 is 10.5 Å². The van der Waals surface area contributed by atoms with Crippen LogP contribution in [-0.2, 0) is 0 Å². The van der Waals surface area contributed by atoms with E-state index in [1.54, 1.807) is 18.6 Å². The average Bonchev–Trinajstić information content (AvgIpc) is 3.48. The van der Waals surface area contributed by atoms with Crippen molar-refractivity contribution in [3.8, 4) is 0 Å². The van der Waals surface area contributed by atoms with Gasteiger partial charge in [0.05, 0.1) is 5.56 Å². The summed E-state index contributed by atoms with van der Waals surface area (Å²) in [5.74, 6) is 0.970. The number of anilines is 1. The van der Waals surface area contributed by atoms with Crippen LogP contribution in [0.25, 0.3) is 0 Å². The van der Waals surface area contributed by atoms with E-state index in [9.17, 15) is 9.59 Å². The Morgan fingerprint density at radius 3 is 2.48 bits per heavy atom. The largest absolute Gasteiger partial charge is 0.350 e. The number of aromatic amines is 1. The highest BCUT2D eigenvalue weighted by atomic mass is 16.2. The lowest BCUT2D eigenvalue weighted by Gasteiger charge is -2.39. The summed E-state index contributed by atoms with van der Waals surface area (Å²) in [6.45, 7) is 1.44. The van der Waals surface area contributed by atoms with Gasteiger partial charge in [-0.1, -0.05) is 0 Å². The number of piperidine rings is 1. The fraction of sp³-hybridized carbons (Fsp3) is 0.444. The summed E-state index contributed by atoms with van der Waals surface area (Å²) in [7, 11) is 0. The fourth-order valence-electron chi connectivity index (χ4n) is 3.53. The van der Waals surface area contributed by atoms with Crippen LogP contribution in [-0.4, -0.2) is 50.9 Å². The van der Waals surface area contributed by atoms with Crippen molar-refractivity contribution in [2.24, 2.45) is 0 Å². The first-order valence-electron chi connectivity index (χ1n) is 8.75. The van der Waals surface area contributed by atoms with Crippen LogP contribution in [0.5, 0.6) is 0 Å². The highest BCUT2D eigenvalue weighted by Crippen LogP contribution is 2.35. The Balaban J connectivity index is 1.43. The zero-order chi connectivity index (χ0) is 17.2. The molecule has 0 bridgehead atoms. The van der Waals surface area contributed by atoms with Crippen LogP contribution in [0.1, 0.15) is 36.0 Å². The van der Waals surface area contributed by atoms with Gasteiger partial charge < -0.3 is 14.8 Å². The van der Waals surface area contributed by atoms with E-state index in [0.29, 0.717) is 17.6 Å². The molecule has 2 aromatic rings. The van der Waals surface area contributed by atoms with Gasteiger partial charge in [0, 0.05) is 43.6 Å². The van der Waals surface area contributed by atoms with E-state index in [-0.39, 0.29) is 11.5 Å². The maximum Gasteiger partial charge on any atom is 0.255 e. The summed E-state index contributed by atoms with van der Waals surface area (Å²) in [5, 5.41) is 0. The van der Waals surface area contributed by atoms with Gasteiger partial charge in [0.15, 0.2) is 0 Å². The van der Waals surface area contributed by atoms with Crippen LogP contribution in [0, 0.1) is 0 Å².